The highest BCUT2D eigenvalue weighted by Gasteiger charge is 2.28. The molecule has 22 aromatic rings. The maximum absolute atomic E-state index is 13.4. The summed E-state index contributed by atoms with van der Waals surface area (Å²) in [5, 5.41) is 116. The number of azo groups is 4. The SMILES string of the molecule is [C-]#[N+]c1cnn(-c2ncccn2)c1N=Nc1c(O)c(C(=O)Nc2ccc(C)cc2)cc2ccccc12.[C-]#[N+]c1cnn(-c2ncccn2)c1N=Nc1c(O)c(C(=O)Nc2ccc3ccccc3c2)cc2ccccc12.[C-]#[N+]c1cnn(-c2ncccn2)c1N=Nc1c(O)c(C(=O)Nc2cccc(C)c2)cc2ccccc12.[C-]#[N+]c1cnn(-c2ncccn2)c1N=Nc1c(O)c(C(=O)Nc2cccc3ccccc23)cc2ccccc12. The van der Waals surface area contributed by atoms with Crippen LogP contribution in [0.15, 0.2) is 394 Å². The summed E-state index contributed by atoms with van der Waals surface area (Å²) in [6, 6.07) is 83.2. The molecule has 0 unspecified atom stereocenters. The third kappa shape index (κ3) is 20.6. The fourth-order valence-electron chi connectivity index (χ4n) is 15.7. The first-order valence-corrected chi connectivity index (χ1v) is 45.3. The Morgan fingerprint density at radius 2 is 0.540 bits per heavy atom. The summed E-state index contributed by atoms with van der Waals surface area (Å²) in [5.74, 6) is -2.18. The van der Waals surface area contributed by atoms with Crippen LogP contribution in [0.2, 0.25) is 0 Å². The number of hydrogen-bond acceptors (Lipinski definition) is 28. The molecular formula is C110H72N32O8. The Balaban J connectivity index is 0.000000126. The van der Waals surface area contributed by atoms with E-state index < -0.39 is 23.6 Å². The van der Waals surface area contributed by atoms with Gasteiger partial charge in [0.1, 0.15) is 22.7 Å². The van der Waals surface area contributed by atoms with Gasteiger partial charge < -0.3 is 41.7 Å². The number of carbonyl (C=O) groups is 4. The second-order valence-electron chi connectivity index (χ2n) is 32.5. The van der Waals surface area contributed by atoms with Crippen molar-refractivity contribution in [1.82, 2.24) is 79.0 Å². The smallest absolute Gasteiger partial charge is 0.259 e. The molecule has 150 heavy (non-hydrogen) atoms. The lowest BCUT2D eigenvalue weighted by Gasteiger charge is -2.12. The number of aryl methyl sites for hydroxylation is 2. The molecule has 0 aliphatic heterocycles. The van der Waals surface area contributed by atoms with Crippen molar-refractivity contribution < 1.29 is 39.6 Å². The number of hydrogen-bond donors (Lipinski definition) is 8. The zero-order valence-corrected chi connectivity index (χ0v) is 78.4. The number of aromatic nitrogens is 16. The zero-order chi connectivity index (χ0) is 104. The van der Waals surface area contributed by atoms with E-state index in [0.29, 0.717) is 65.8 Å². The van der Waals surface area contributed by atoms with Gasteiger partial charge in [-0.1, -0.05) is 194 Å². The molecule has 8 N–H and O–H groups in total. The number of rotatable bonds is 20. The molecule has 8 heterocycles. The molecule has 0 spiro atoms. The van der Waals surface area contributed by atoms with E-state index in [1.54, 1.807) is 152 Å². The number of aromatic hydroxyl groups is 4. The number of benzene rings is 14. The lowest BCUT2D eigenvalue weighted by molar-refractivity contribution is 0.101. The average Bonchev–Trinajstić information content (AvgIpc) is 0.971. The van der Waals surface area contributed by atoms with Gasteiger partial charge in [0.15, 0.2) is 46.3 Å². The van der Waals surface area contributed by atoms with Gasteiger partial charge in [-0.3, -0.25) is 19.2 Å². The average molecular weight is 1970 g/mol. The van der Waals surface area contributed by atoms with E-state index in [2.05, 4.69) is 142 Å². The molecule has 14 aromatic carbocycles. The van der Waals surface area contributed by atoms with Gasteiger partial charge in [-0.25, -0.2) is 59.3 Å². The number of fused-ring (bicyclic) bond motifs is 6. The van der Waals surface area contributed by atoms with Crippen LogP contribution in [-0.2, 0) is 0 Å². The summed E-state index contributed by atoms with van der Waals surface area (Å²) in [6.45, 7) is 33.8. The molecule has 0 aliphatic carbocycles. The predicted molar refractivity (Wildman–Crippen MR) is 563 cm³/mol. The topological polar surface area (TPSA) is 488 Å². The van der Waals surface area contributed by atoms with Crippen LogP contribution in [0.4, 0.5) is 91.5 Å². The monoisotopic (exact) mass is 1970 g/mol. The maximum atomic E-state index is 13.4. The quantitative estimate of drug-likeness (QED) is 0.0259. The lowest BCUT2D eigenvalue weighted by atomic mass is 10.0. The molecule has 0 atom stereocenters. The van der Waals surface area contributed by atoms with Crippen LogP contribution < -0.4 is 21.3 Å². The molecule has 0 aliphatic rings. The summed E-state index contributed by atoms with van der Waals surface area (Å²) in [6.07, 6.45) is 17.7. The summed E-state index contributed by atoms with van der Waals surface area (Å²) in [4.78, 5) is 100.0. The van der Waals surface area contributed by atoms with Crippen molar-refractivity contribution in [3.63, 3.8) is 0 Å². The van der Waals surface area contributed by atoms with Gasteiger partial charge in [-0.05, 0) is 148 Å². The minimum absolute atomic E-state index is 0.0286. The summed E-state index contributed by atoms with van der Waals surface area (Å²) in [7, 11) is 0. The van der Waals surface area contributed by atoms with Gasteiger partial charge in [0, 0.05) is 99.3 Å². The Hall–Kier alpha value is -22.8. The van der Waals surface area contributed by atoms with Crippen LogP contribution >= 0.6 is 0 Å². The number of phenols is 4. The fraction of sp³-hybridized carbons (Fsp3) is 0.0182. The Morgan fingerprint density at radius 1 is 0.260 bits per heavy atom. The second-order valence-corrected chi connectivity index (χ2v) is 32.5. The van der Waals surface area contributed by atoms with E-state index in [1.807, 2.05) is 166 Å². The minimum Gasteiger partial charge on any atom is -0.505 e. The van der Waals surface area contributed by atoms with Crippen LogP contribution in [-0.4, -0.2) is 123 Å². The first-order chi connectivity index (χ1) is 73.3. The third-order valence-electron chi connectivity index (χ3n) is 22.9. The molecule has 0 saturated heterocycles. The Bertz CT molecular complexity index is 9330. The minimum atomic E-state index is -0.505. The van der Waals surface area contributed by atoms with E-state index in [0.717, 1.165) is 32.7 Å². The number of phenolic OH excluding ortho intramolecular Hbond substituents is 4. The van der Waals surface area contributed by atoms with E-state index in [-0.39, 0.29) is 138 Å². The van der Waals surface area contributed by atoms with Crippen LogP contribution in [0.3, 0.4) is 0 Å². The van der Waals surface area contributed by atoms with Gasteiger partial charge in [0.2, 0.25) is 0 Å². The van der Waals surface area contributed by atoms with Crippen molar-refractivity contribution in [3.05, 3.63) is 432 Å². The number of anilines is 4. The van der Waals surface area contributed by atoms with Crippen LogP contribution in [0.25, 0.3) is 108 Å². The van der Waals surface area contributed by atoms with Crippen molar-refractivity contribution in [2.75, 3.05) is 21.3 Å². The molecule has 40 heteroatoms. The van der Waals surface area contributed by atoms with Gasteiger partial charge >= 0.3 is 0 Å². The van der Waals surface area contributed by atoms with E-state index >= 15 is 0 Å². The number of amides is 4. The van der Waals surface area contributed by atoms with Gasteiger partial charge in [0.25, 0.3) is 70.2 Å². The predicted octanol–water partition coefficient (Wildman–Crippen LogP) is 25.9. The van der Waals surface area contributed by atoms with Crippen molar-refractivity contribution in [2.24, 2.45) is 40.9 Å². The normalized spacial score (nSPS) is 11.1. The molecule has 0 fully saturated rings. The van der Waals surface area contributed by atoms with Crippen molar-refractivity contribution >= 4 is 180 Å². The van der Waals surface area contributed by atoms with E-state index in [4.69, 9.17) is 26.3 Å². The molecule has 8 aromatic heterocycles. The van der Waals surface area contributed by atoms with Crippen LogP contribution in [0.1, 0.15) is 52.6 Å². The highest BCUT2D eigenvalue weighted by Crippen LogP contribution is 2.47. The van der Waals surface area contributed by atoms with Gasteiger partial charge in [0.05, 0.1) is 73.3 Å². The van der Waals surface area contributed by atoms with Crippen molar-refractivity contribution in [2.45, 2.75) is 13.8 Å². The summed E-state index contributed by atoms with van der Waals surface area (Å²) in [5.41, 5.74) is 5.40. The number of nitrogens with one attached hydrogen (secondary N) is 4. The number of nitrogens with zero attached hydrogens (tertiary/aromatic N) is 28. The molecule has 0 radical (unpaired) electrons. The van der Waals surface area contributed by atoms with Gasteiger partial charge in [-0.15, -0.1) is 40.9 Å². The Morgan fingerprint density at radius 3 is 0.880 bits per heavy atom. The number of carbonyl (C=O) groups excluding carboxylic acids is 4. The first kappa shape index (κ1) is 96.1. The molecular weight excluding hydrogens is 1900 g/mol. The molecule has 22 rings (SSSR count). The zero-order valence-electron chi connectivity index (χ0n) is 78.4. The fourth-order valence-corrected chi connectivity index (χ4v) is 15.7. The lowest BCUT2D eigenvalue weighted by Crippen LogP contribution is -2.12. The summed E-state index contributed by atoms with van der Waals surface area (Å²) < 4.78 is 5.13. The second kappa shape index (κ2) is 43.5. The summed E-state index contributed by atoms with van der Waals surface area (Å²) >= 11 is 0. The maximum Gasteiger partial charge on any atom is 0.259 e. The Kier molecular flexibility index (Phi) is 27.9. The van der Waals surface area contributed by atoms with Crippen molar-refractivity contribution in [3.8, 4) is 46.8 Å². The van der Waals surface area contributed by atoms with Crippen molar-refractivity contribution in [1.29, 1.82) is 0 Å². The van der Waals surface area contributed by atoms with E-state index in [9.17, 15) is 39.6 Å². The molecule has 0 bridgehead atoms. The molecule has 0 saturated carbocycles. The third-order valence-corrected chi connectivity index (χ3v) is 22.9. The highest BCUT2D eigenvalue weighted by atomic mass is 16.3. The molecule has 4 amide bonds. The Labute approximate surface area is 848 Å². The largest absolute Gasteiger partial charge is 0.505 e. The van der Waals surface area contributed by atoms with Crippen LogP contribution in [0.5, 0.6) is 23.0 Å². The van der Waals surface area contributed by atoms with Crippen LogP contribution in [0, 0.1) is 40.1 Å². The van der Waals surface area contributed by atoms with E-state index in [1.165, 1.54) is 68.3 Å². The highest BCUT2D eigenvalue weighted by molar-refractivity contribution is 6.17. The van der Waals surface area contributed by atoms with Gasteiger partial charge in [-0.2, -0.15) is 39.1 Å². The standard InChI is InChI=1S/2C29H18N8O2.2C26H18N8O2/c1-30-24-17-33-37(29-31-14-7-15-32-29)27(24)36-35-25-21-12-5-3-9-19(21)16-22(26(25)38)28(39)34-23-13-6-10-18-8-2-4-11-20(18)23;1-30-24-17-33-37(29-31-13-6-14-32-29)27(24)36-35-25-22-10-5-4-9-20(22)16-23(26(25)38)28(39)34-21-12-11-18-7-2-3-8-19(18)15-21;1-16-7-5-9-18(13-16)31-25(36)20-14-17-8-3-4-10-19(17)22(23(20)35)32-33-24-21(27-2)15-30-34(24)26-28-11-6-12-29-26;1-16-8-10-18(11-9-16)31-25(36)20-14-17-6-3-4-7-19(17)22(23(20)35)32-33-24-21(27-2)15-30-34(24)26-28-12-5-13-29-26/h2*2-17,38H,(H,34,39);2*3-15,35H,1H3,(H,31,36). The molecule has 40 nitrogen and oxygen atoms in total. The first-order valence-electron chi connectivity index (χ1n) is 45.3. The molecule has 720 valence electrons.